The first-order valence-electron chi connectivity index (χ1n) is 6.68. The summed E-state index contributed by atoms with van der Waals surface area (Å²) in [7, 11) is 0. The monoisotopic (exact) mass is 246 g/mol. The summed E-state index contributed by atoms with van der Waals surface area (Å²) < 4.78 is 0. The van der Waals surface area contributed by atoms with Crippen LogP contribution in [0.15, 0.2) is 24.4 Å². The van der Waals surface area contributed by atoms with Gasteiger partial charge in [-0.2, -0.15) is 0 Å². The van der Waals surface area contributed by atoms with Gasteiger partial charge in [0.25, 0.3) is 0 Å². The third-order valence-electron chi connectivity index (χ3n) is 3.28. The van der Waals surface area contributed by atoms with Crippen LogP contribution in [-0.4, -0.2) is 22.3 Å². The van der Waals surface area contributed by atoms with Crippen LogP contribution >= 0.6 is 0 Å². The van der Waals surface area contributed by atoms with E-state index in [2.05, 4.69) is 25.8 Å². The molecule has 3 heteroatoms. The SMILES string of the molecule is CC(C)(C)CC(=O)N1CCC[C@@H]1c1ccccn1. The Morgan fingerprint density at radius 2 is 2.22 bits per heavy atom. The summed E-state index contributed by atoms with van der Waals surface area (Å²) in [4.78, 5) is 18.7. The fraction of sp³-hybridized carbons (Fsp3) is 0.600. The van der Waals surface area contributed by atoms with E-state index in [0.29, 0.717) is 6.42 Å². The number of hydrogen-bond donors (Lipinski definition) is 0. The van der Waals surface area contributed by atoms with E-state index in [4.69, 9.17) is 0 Å². The maximum atomic E-state index is 12.3. The first-order valence-corrected chi connectivity index (χ1v) is 6.68. The van der Waals surface area contributed by atoms with Crippen LogP contribution in [0, 0.1) is 5.41 Å². The van der Waals surface area contributed by atoms with Crippen molar-refractivity contribution in [2.75, 3.05) is 6.54 Å². The topological polar surface area (TPSA) is 33.2 Å². The molecule has 18 heavy (non-hydrogen) atoms. The van der Waals surface area contributed by atoms with Crippen molar-refractivity contribution >= 4 is 5.91 Å². The molecule has 2 rings (SSSR count). The van der Waals surface area contributed by atoms with Gasteiger partial charge in [-0.15, -0.1) is 0 Å². The molecule has 1 aromatic heterocycles. The van der Waals surface area contributed by atoms with Crippen LogP contribution in [0.1, 0.15) is 51.8 Å². The number of aromatic nitrogens is 1. The Labute approximate surface area is 109 Å². The Morgan fingerprint density at radius 1 is 1.44 bits per heavy atom. The summed E-state index contributed by atoms with van der Waals surface area (Å²) in [6.07, 6.45) is 4.53. The van der Waals surface area contributed by atoms with Crippen molar-refractivity contribution < 1.29 is 4.79 Å². The Kier molecular flexibility index (Phi) is 3.69. The van der Waals surface area contributed by atoms with Crippen LogP contribution in [0.5, 0.6) is 0 Å². The van der Waals surface area contributed by atoms with Crippen LogP contribution in [-0.2, 0) is 4.79 Å². The van der Waals surface area contributed by atoms with Gasteiger partial charge in [-0.05, 0) is 30.4 Å². The van der Waals surface area contributed by atoms with Gasteiger partial charge in [-0.3, -0.25) is 9.78 Å². The largest absolute Gasteiger partial charge is 0.334 e. The second-order valence-electron chi connectivity index (χ2n) is 6.24. The average Bonchev–Trinajstić information content (AvgIpc) is 2.76. The van der Waals surface area contributed by atoms with Crippen molar-refractivity contribution in [3.8, 4) is 0 Å². The first-order chi connectivity index (χ1) is 8.47. The lowest BCUT2D eigenvalue weighted by Crippen LogP contribution is -2.33. The molecule has 0 aromatic carbocycles. The Balaban J connectivity index is 2.11. The number of nitrogens with zero attached hydrogens (tertiary/aromatic N) is 2. The number of hydrogen-bond acceptors (Lipinski definition) is 2. The standard InChI is InChI=1S/C15H22N2O/c1-15(2,3)11-14(18)17-10-6-8-13(17)12-7-4-5-9-16-12/h4-5,7,9,13H,6,8,10-11H2,1-3H3/t13-/m1/s1. The molecule has 98 valence electrons. The van der Waals surface area contributed by atoms with E-state index < -0.39 is 0 Å². The van der Waals surface area contributed by atoms with Gasteiger partial charge in [0.15, 0.2) is 0 Å². The summed E-state index contributed by atoms with van der Waals surface area (Å²) in [6.45, 7) is 7.19. The minimum atomic E-state index is 0.0499. The normalized spacial score (nSPS) is 20.2. The number of rotatable bonds is 2. The van der Waals surface area contributed by atoms with Gasteiger partial charge in [0.05, 0.1) is 11.7 Å². The molecule has 0 N–H and O–H groups in total. The quantitative estimate of drug-likeness (QED) is 0.803. The van der Waals surface area contributed by atoms with Crippen LogP contribution in [0.25, 0.3) is 0 Å². The maximum absolute atomic E-state index is 12.3. The van der Waals surface area contributed by atoms with Gasteiger partial charge >= 0.3 is 0 Å². The fourth-order valence-corrected chi connectivity index (χ4v) is 2.50. The number of carbonyl (C=O) groups is 1. The van der Waals surface area contributed by atoms with E-state index in [-0.39, 0.29) is 17.4 Å². The number of amides is 1. The lowest BCUT2D eigenvalue weighted by molar-refractivity contribution is -0.134. The second kappa shape index (κ2) is 5.09. The smallest absolute Gasteiger partial charge is 0.223 e. The van der Waals surface area contributed by atoms with Gasteiger partial charge in [0.2, 0.25) is 5.91 Å². The zero-order valence-corrected chi connectivity index (χ0v) is 11.5. The molecule has 1 aromatic rings. The van der Waals surface area contributed by atoms with E-state index >= 15 is 0 Å². The molecular formula is C15H22N2O. The summed E-state index contributed by atoms with van der Waals surface area (Å²) in [5, 5.41) is 0. The molecule has 2 heterocycles. The number of likely N-dealkylation sites (tertiary alicyclic amines) is 1. The number of carbonyl (C=O) groups excluding carboxylic acids is 1. The Bertz CT molecular complexity index is 408. The molecule has 0 spiro atoms. The van der Waals surface area contributed by atoms with Crippen molar-refractivity contribution in [2.45, 2.75) is 46.1 Å². The molecule has 1 atom stereocenters. The zero-order valence-electron chi connectivity index (χ0n) is 11.5. The molecule has 1 aliphatic heterocycles. The van der Waals surface area contributed by atoms with Gasteiger partial charge in [0, 0.05) is 19.2 Å². The Hall–Kier alpha value is -1.38. The molecule has 0 bridgehead atoms. The van der Waals surface area contributed by atoms with E-state index in [9.17, 15) is 4.79 Å². The van der Waals surface area contributed by atoms with Crippen molar-refractivity contribution in [2.24, 2.45) is 5.41 Å². The molecule has 1 aliphatic rings. The van der Waals surface area contributed by atoms with E-state index in [0.717, 1.165) is 25.1 Å². The predicted octanol–water partition coefficient (Wildman–Crippen LogP) is 3.18. The van der Waals surface area contributed by atoms with Gasteiger partial charge in [0.1, 0.15) is 0 Å². The second-order valence-corrected chi connectivity index (χ2v) is 6.24. The first kappa shape index (κ1) is 13.1. The van der Waals surface area contributed by atoms with Crippen molar-refractivity contribution in [1.82, 2.24) is 9.88 Å². The van der Waals surface area contributed by atoms with E-state index in [1.165, 1.54) is 0 Å². The van der Waals surface area contributed by atoms with E-state index in [1.54, 1.807) is 6.20 Å². The predicted molar refractivity (Wildman–Crippen MR) is 72.0 cm³/mol. The number of pyridine rings is 1. The molecule has 1 saturated heterocycles. The molecule has 0 aliphatic carbocycles. The van der Waals surface area contributed by atoms with Crippen molar-refractivity contribution in [3.63, 3.8) is 0 Å². The molecule has 1 amide bonds. The lowest BCUT2D eigenvalue weighted by atomic mass is 9.91. The molecular weight excluding hydrogens is 224 g/mol. The third kappa shape index (κ3) is 3.09. The highest BCUT2D eigenvalue weighted by atomic mass is 16.2. The van der Waals surface area contributed by atoms with Gasteiger partial charge in [-0.1, -0.05) is 26.8 Å². The van der Waals surface area contributed by atoms with Gasteiger partial charge < -0.3 is 4.90 Å². The minimum absolute atomic E-state index is 0.0499. The molecule has 1 fully saturated rings. The van der Waals surface area contributed by atoms with E-state index in [1.807, 2.05) is 23.1 Å². The summed E-state index contributed by atoms with van der Waals surface area (Å²) in [5.74, 6) is 0.260. The molecule has 0 radical (unpaired) electrons. The zero-order chi connectivity index (χ0) is 13.2. The Morgan fingerprint density at radius 3 is 2.83 bits per heavy atom. The molecule has 3 nitrogen and oxygen atoms in total. The van der Waals surface area contributed by atoms with Crippen LogP contribution < -0.4 is 0 Å². The average molecular weight is 246 g/mol. The lowest BCUT2D eigenvalue weighted by Gasteiger charge is -2.27. The minimum Gasteiger partial charge on any atom is -0.334 e. The van der Waals surface area contributed by atoms with Crippen molar-refractivity contribution in [1.29, 1.82) is 0 Å². The highest BCUT2D eigenvalue weighted by Crippen LogP contribution is 2.32. The third-order valence-corrected chi connectivity index (χ3v) is 3.28. The highest BCUT2D eigenvalue weighted by Gasteiger charge is 2.32. The molecule has 0 saturated carbocycles. The van der Waals surface area contributed by atoms with Gasteiger partial charge in [-0.25, -0.2) is 0 Å². The highest BCUT2D eigenvalue weighted by molar-refractivity contribution is 5.77. The summed E-state index contributed by atoms with van der Waals surface area (Å²) in [5.41, 5.74) is 1.08. The van der Waals surface area contributed by atoms with Crippen LogP contribution in [0.3, 0.4) is 0 Å². The fourth-order valence-electron chi connectivity index (χ4n) is 2.50. The van der Waals surface area contributed by atoms with Crippen LogP contribution in [0.4, 0.5) is 0 Å². The summed E-state index contributed by atoms with van der Waals surface area (Å²) in [6, 6.07) is 6.11. The molecule has 0 unspecified atom stereocenters. The van der Waals surface area contributed by atoms with Crippen LogP contribution in [0.2, 0.25) is 0 Å². The maximum Gasteiger partial charge on any atom is 0.223 e. The summed E-state index contributed by atoms with van der Waals surface area (Å²) >= 11 is 0. The van der Waals surface area contributed by atoms with Crippen molar-refractivity contribution in [3.05, 3.63) is 30.1 Å².